The maximum absolute atomic E-state index is 11.9. The molecule has 1 rings (SSSR count). The maximum Gasteiger partial charge on any atom is 0.411 e. The van der Waals surface area contributed by atoms with Crippen molar-refractivity contribution >= 4 is 5.97 Å². The Bertz CT molecular complexity index is 472. The normalized spacial score (nSPS) is 12.0. The van der Waals surface area contributed by atoms with Gasteiger partial charge in [-0.15, -0.1) is 5.10 Å². The summed E-state index contributed by atoms with van der Waals surface area (Å²) in [5, 5.41) is 7.60. The number of methoxy groups -OCH3 is 1. The van der Waals surface area contributed by atoms with Crippen LogP contribution in [0, 0.1) is 0 Å². The number of alkyl halides is 3. The predicted octanol–water partition coefficient (Wildman–Crippen LogP) is 2.16. The van der Waals surface area contributed by atoms with Crippen molar-refractivity contribution in [2.24, 2.45) is 0 Å². The standard InChI is InChI=1S/C12H18F3N3O3/c1-8(2)10-9(11(19)20-3)16-17-18(10)5-4-6-21-7-12(13,14)15/h8H,4-7H2,1-3H3. The third-order valence-corrected chi connectivity index (χ3v) is 2.62. The van der Waals surface area contributed by atoms with Crippen molar-refractivity contribution in [3.05, 3.63) is 11.4 Å². The zero-order valence-electron chi connectivity index (χ0n) is 12.1. The van der Waals surface area contributed by atoms with Crippen LogP contribution in [0.2, 0.25) is 0 Å². The number of hydrogen-bond acceptors (Lipinski definition) is 5. The fraction of sp³-hybridized carbons (Fsp3) is 0.750. The van der Waals surface area contributed by atoms with E-state index in [1.807, 2.05) is 13.8 Å². The van der Waals surface area contributed by atoms with Crippen LogP contribution in [0.4, 0.5) is 13.2 Å². The van der Waals surface area contributed by atoms with E-state index in [0.717, 1.165) is 0 Å². The Kier molecular flexibility index (Phi) is 6.13. The van der Waals surface area contributed by atoms with Crippen molar-refractivity contribution < 1.29 is 27.4 Å². The lowest BCUT2D eigenvalue weighted by Gasteiger charge is -2.11. The minimum Gasteiger partial charge on any atom is -0.464 e. The molecule has 0 aliphatic heterocycles. The molecule has 0 atom stereocenters. The molecule has 0 saturated carbocycles. The Labute approximate surface area is 120 Å². The van der Waals surface area contributed by atoms with Gasteiger partial charge < -0.3 is 9.47 Å². The minimum atomic E-state index is -4.32. The molecule has 6 nitrogen and oxygen atoms in total. The van der Waals surface area contributed by atoms with E-state index in [9.17, 15) is 18.0 Å². The van der Waals surface area contributed by atoms with Crippen molar-refractivity contribution in [1.82, 2.24) is 15.0 Å². The minimum absolute atomic E-state index is 0.0230. The van der Waals surface area contributed by atoms with Crippen molar-refractivity contribution in [2.45, 2.75) is 38.9 Å². The van der Waals surface area contributed by atoms with Gasteiger partial charge in [0.1, 0.15) is 6.61 Å². The number of hydrogen-bond donors (Lipinski definition) is 0. The first kappa shape index (κ1) is 17.4. The summed E-state index contributed by atoms with van der Waals surface area (Å²) in [6.45, 7) is 2.72. The van der Waals surface area contributed by atoms with Crippen molar-refractivity contribution in [1.29, 1.82) is 0 Å². The third kappa shape index (κ3) is 5.33. The van der Waals surface area contributed by atoms with Gasteiger partial charge in [-0.3, -0.25) is 0 Å². The summed E-state index contributed by atoms with van der Waals surface area (Å²) in [6, 6.07) is 0. The van der Waals surface area contributed by atoms with E-state index in [1.54, 1.807) is 0 Å². The first-order valence-electron chi connectivity index (χ1n) is 6.42. The number of halogens is 3. The second kappa shape index (κ2) is 7.39. The average Bonchev–Trinajstić information content (AvgIpc) is 2.80. The van der Waals surface area contributed by atoms with Gasteiger partial charge in [0, 0.05) is 13.2 Å². The molecular weight excluding hydrogens is 291 g/mol. The highest BCUT2D eigenvalue weighted by atomic mass is 19.4. The van der Waals surface area contributed by atoms with Crippen LogP contribution in [0.1, 0.15) is 42.4 Å². The van der Waals surface area contributed by atoms with E-state index in [4.69, 9.17) is 0 Å². The Morgan fingerprint density at radius 1 is 1.38 bits per heavy atom. The van der Waals surface area contributed by atoms with Crippen LogP contribution >= 0.6 is 0 Å². The topological polar surface area (TPSA) is 66.2 Å². The first-order chi connectivity index (χ1) is 9.76. The fourth-order valence-electron chi connectivity index (χ4n) is 1.80. The summed E-state index contributed by atoms with van der Waals surface area (Å²) in [5.74, 6) is -0.608. The van der Waals surface area contributed by atoms with Gasteiger partial charge in [0.05, 0.1) is 12.8 Å². The number of nitrogens with zero attached hydrogens (tertiary/aromatic N) is 3. The highest BCUT2D eigenvalue weighted by Crippen LogP contribution is 2.19. The van der Waals surface area contributed by atoms with Crippen LogP contribution in [-0.2, 0) is 16.0 Å². The van der Waals surface area contributed by atoms with Crippen molar-refractivity contribution in [3.63, 3.8) is 0 Å². The Morgan fingerprint density at radius 2 is 2.05 bits per heavy atom. The molecule has 0 aromatic carbocycles. The summed E-state index contributed by atoms with van der Waals surface area (Å²) in [7, 11) is 1.25. The number of aromatic nitrogens is 3. The molecule has 0 spiro atoms. The molecule has 9 heteroatoms. The van der Waals surface area contributed by atoms with Crippen molar-refractivity contribution in [3.8, 4) is 0 Å². The molecule has 1 aromatic heterocycles. The summed E-state index contributed by atoms with van der Waals surface area (Å²) < 4.78 is 46.3. The fourth-order valence-corrected chi connectivity index (χ4v) is 1.80. The lowest BCUT2D eigenvalue weighted by Crippen LogP contribution is -2.18. The summed E-state index contributed by atoms with van der Waals surface area (Å²) in [6.07, 6.45) is -3.99. The van der Waals surface area contributed by atoms with Gasteiger partial charge in [0.15, 0.2) is 5.69 Å². The average molecular weight is 309 g/mol. The number of carbonyl (C=O) groups is 1. The molecule has 0 N–H and O–H groups in total. The van der Waals surface area contributed by atoms with Gasteiger partial charge in [0.2, 0.25) is 0 Å². The monoisotopic (exact) mass is 309 g/mol. The van der Waals surface area contributed by atoms with Crippen LogP contribution in [0.3, 0.4) is 0 Å². The summed E-state index contributed by atoms with van der Waals surface area (Å²) >= 11 is 0. The van der Waals surface area contributed by atoms with E-state index >= 15 is 0 Å². The largest absolute Gasteiger partial charge is 0.464 e. The third-order valence-electron chi connectivity index (χ3n) is 2.62. The van der Waals surface area contributed by atoms with Crippen LogP contribution in [0.25, 0.3) is 0 Å². The number of ether oxygens (including phenoxy) is 2. The molecule has 1 heterocycles. The Hall–Kier alpha value is -1.64. The lowest BCUT2D eigenvalue weighted by atomic mass is 10.1. The second-order valence-electron chi connectivity index (χ2n) is 4.71. The number of rotatable bonds is 7. The molecule has 0 radical (unpaired) electrons. The molecule has 21 heavy (non-hydrogen) atoms. The molecule has 1 aromatic rings. The van der Waals surface area contributed by atoms with E-state index in [0.29, 0.717) is 18.7 Å². The number of aryl methyl sites for hydroxylation is 1. The predicted molar refractivity (Wildman–Crippen MR) is 66.9 cm³/mol. The van der Waals surface area contributed by atoms with Crippen molar-refractivity contribution in [2.75, 3.05) is 20.3 Å². The quantitative estimate of drug-likeness (QED) is 0.570. The molecule has 0 saturated heterocycles. The zero-order valence-corrected chi connectivity index (χ0v) is 12.1. The highest BCUT2D eigenvalue weighted by molar-refractivity contribution is 5.88. The Balaban J connectivity index is 2.59. The smallest absolute Gasteiger partial charge is 0.411 e. The van der Waals surface area contributed by atoms with E-state index in [-0.39, 0.29) is 18.2 Å². The van der Waals surface area contributed by atoms with Gasteiger partial charge in [-0.05, 0) is 12.3 Å². The van der Waals surface area contributed by atoms with Crippen LogP contribution in [0.5, 0.6) is 0 Å². The zero-order chi connectivity index (χ0) is 16.0. The lowest BCUT2D eigenvalue weighted by molar-refractivity contribution is -0.174. The van der Waals surface area contributed by atoms with Gasteiger partial charge in [0.25, 0.3) is 0 Å². The molecule has 0 fully saturated rings. The SMILES string of the molecule is COC(=O)c1nnn(CCCOCC(F)(F)F)c1C(C)C. The number of carbonyl (C=O) groups excluding carboxylic acids is 1. The van der Waals surface area contributed by atoms with Gasteiger partial charge in [-0.25, -0.2) is 9.48 Å². The van der Waals surface area contributed by atoms with E-state index < -0.39 is 18.8 Å². The number of esters is 1. The van der Waals surface area contributed by atoms with Crippen LogP contribution in [0.15, 0.2) is 0 Å². The Morgan fingerprint density at radius 3 is 2.57 bits per heavy atom. The molecule has 0 aliphatic carbocycles. The molecule has 0 aliphatic rings. The molecule has 0 unspecified atom stereocenters. The summed E-state index contributed by atoms with van der Waals surface area (Å²) in [5.41, 5.74) is 0.724. The molecular formula is C12H18F3N3O3. The molecule has 120 valence electrons. The summed E-state index contributed by atoms with van der Waals surface area (Å²) in [4.78, 5) is 11.6. The first-order valence-corrected chi connectivity index (χ1v) is 6.42. The van der Waals surface area contributed by atoms with E-state index in [2.05, 4.69) is 19.8 Å². The van der Waals surface area contributed by atoms with Gasteiger partial charge in [-0.1, -0.05) is 19.1 Å². The van der Waals surface area contributed by atoms with E-state index in [1.165, 1.54) is 11.8 Å². The van der Waals surface area contributed by atoms with Crippen LogP contribution in [-0.4, -0.2) is 47.5 Å². The molecule has 0 bridgehead atoms. The molecule has 0 amide bonds. The second-order valence-corrected chi connectivity index (χ2v) is 4.71. The van der Waals surface area contributed by atoms with Gasteiger partial charge >= 0.3 is 12.1 Å². The van der Waals surface area contributed by atoms with Gasteiger partial charge in [-0.2, -0.15) is 13.2 Å². The van der Waals surface area contributed by atoms with Crippen LogP contribution < -0.4 is 0 Å². The maximum atomic E-state index is 11.9. The highest BCUT2D eigenvalue weighted by Gasteiger charge is 2.27.